The monoisotopic (exact) mass is 277 g/mol. The summed E-state index contributed by atoms with van der Waals surface area (Å²) in [5.41, 5.74) is 0.629. The van der Waals surface area contributed by atoms with Crippen LogP contribution in [0.5, 0.6) is 5.75 Å². The summed E-state index contributed by atoms with van der Waals surface area (Å²) < 4.78 is 10.8. The third-order valence-electron chi connectivity index (χ3n) is 3.24. The molecule has 0 bridgehead atoms. The summed E-state index contributed by atoms with van der Waals surface area (Å²) in [4.78, 5) is 25.1. The quantitative estimate of drug-likeness (QED) is 0.783. The predicted molar refractivity (Wildman–Crippen MR) is 73.9 cm³/mol. The number of ketones is 1. The molecule has 1 aromatic rings. The van der Waals surface area contributed by atoms with Gasteiger partial charge >= 0.3 is 0 Å². The number of morpholine rings is 1. The van der Waals surface area contributed by atoms with Gasteiger partial charge in [0.05, 0.1) is 13.2 Å². The molecule has 2 rings (SSSR count). The van der Waals surface area contributed by atoms with E-state index >= 15 is 0 Å². The normalized spacial score (nSPS) is 16.6. The van der Waals surface area contributed by atoms with Crippen LogP contribution in [-0.2, 0) is 9.53 Å². The van der Waals surface area contributed by atoms with Gasteiger partial charge in [0.25, 0.3) is 5.91 Å². The van der Waals surface area contributed by atoms with Crippen LogP contribution in [0.2, 0.25) is 0 Å². The summed E-state index contributed by atoms with van der Waals surface area (Å²) >= 11 is 0. The van der Waals surface area contributed by atoms with Crippen LogP contribution in [0.25, 0.3) is 0 Å². The van der Waals surface area contributed by atoms with E-state index in [-0.39, 0.29) is 11.7 Å². The summed E-state index contributed by atoms with van der Waals surface area (Å²) in [5, 5.41) is 0. The number of benzene rings is 1. The van der Waals surface area contributed by atoms with Gasteiger partial charge < -0.3 is 14.4 Å². The van der Waals surface area contributed by atoms with Gasteiger partial charge in [-0.1, -0.05) is 0 Å². The van der Waals surface area contributed by atoms with Gasteiger partial charge in [0.15, 0.2) is 11.9 Å². The van der Waals surface area contributed by atoms with Gasteiger partial charge in [-0.15, -0.1) is 0 Å². The number of hydrogen-bond donors (Lipinski definition) is 0. The molecule has 1 atom stereocenters. The average Bonchev–Trinajstić information content (AvgIpc) is 2.48. The second-order valence-corrected chi connectivity index (χ2v) is 4.78. The maximum Gasteiger partial charge on any atom is 0.263 e. The molecule has 0 spiro atoms. The van der Waals surface area contributed by atoms with Crippen LogP contribution >= 0.6 is 0 Å². The molecule has 5 heteroatoms. The van der Waals surface area contributed by atoms with Crippen LogP contribution in [0.3, 0.4) is 0 Å². The Kier molecular flexibility index (Phi) is 4.74. The van der Waals surface area contributed by atoms with Gasteiger partial charge in [-0.05, 0) is 38.1 Å². The van der Waals surface area contributed by atoms with Crippen molar-refractivity contribution in [2.75, 3.05) is 26.3 Å². The zero-order valence-electron chi connectivity index (χ0n) is 11.8. The highest BCUT2D eigenvalue weighted by Crippen LogP contribution is 2.15. The molecule has 1 aliphatic heterocycles. The maximum absolute atomic E-state index is 12.2. The van der Waals surface area contributed by atoms with Gasteiger partial charge in [-0.3, -0.25) is 9.59 Å². The largest absolute Gasteiger partial charge is 0.481 e. The molecule has 0 saturated carbocycles. The zero-order chi connectivity index (χ0) is 14.5. The number of amides is 1. The van der Waals surface area contributed by atoms with Gasteiger partial charge in [-0.25, -0.2) is 0 Å². The highest BCUT2D eigenvalue weighted by atomic mass is 16.5. The Hall–Kier alpha value is -1.88. The van der Waals surface area contributed by atoms with Gasteiger partial charge in [0, 0.05) is 18.7 Å². The van der Waals surface area contributed by atoms with Crippen molar-refractivity contribution in [1.29, 1.82) is 0 Å². The molecule has 0 N–H and O–H groups in total. The van der Waals surface area contributed by atoms with E-state index in [2.05, 4.69) is 0 Å². The Labute approximate surface area is 118 Å². The number of carbonyl (C=O) groups is 2. The van der Waals surface area contributed by atoms with Crippen molar-refractivity contribution in [3.05, 3.63) is 29.8 Å². The zero-order valence-corrected chi connectivity index (χ0v) is 11.8. The predicted octanol–water partition coefficient (Wildman–Crippen LogP) is 1.52. The summed E-state index contributed by atoms with van der Waals surface area (Å²) in [6, 6.07) is 6.81. The highest BCUT2D eigenvalue weighted by molar-refractivity contribution is 5.94. The Morgan fingerprint density at radius 2 is 1.80 bits per heavy atom. The summed E-state index contributed by atoms with van der Waals surface area (Å²) in [7, 11) is 0. The van der Waals surface area contributed by atoms with Crippen LogP contribution < -0.4 is 4.74 Å². The standard InChI is InChI=1S/C15H19NO4/c1-11(17)13-3-5-14(6-4-13)20-12(2)15(18)16-7-9-19-10-8-16/h3-6,12H,7-10H2,1-2H3. The first kappa shape index (κ1) is 14.5. The van der Waals surface area contributed by atoms with Crippen molar-refractivity contribution < 1.29 is 19.1 Å². The Balaban J connectivity index is 1.94. The highest BCUT2D eigenvalue weighted by Gasteiger charge is 2.23. The molecule has 1 fully saturated rings. The number of rotatable bonds is 4. The lowest BCUT2D eigenvalue weighted by atomic mass is 10.1. The summed E-state index contributed by atoms with van der Waals surface area (Å²) in [5.74, 6) is 0.557. The first-order valence-electron chi connectivity index (χ1n) is 6.72. The topological polar surface area (TPSA) is 55.8 Å². The van der Waals surface area contributed by atoms with Gasteiger partial charge in [-0.2, -0.15) is 0 Å². The smallest absolute Gasteiger partial charge is 0.263 e. The first-order chi connectivity index (χ1) is 9.58. The molecule has 1 saturated heterocycles. The minimum atomic E-state index is -0.545. The fourth-order valence-electron chi connectivity index (χ4n) is 2.06. The molecule has 1 heterocycles. The summed E-state index contributed by atoms with van der Waals surface area (Å²) in [6.07, 6.45) is -0.545. The molecule has 0 aliphatic carbocycles. The number of nitrogens with zero attached hydrogens (tertiary/aromatic N) is 1. The molecular formula is C15H19NO4. The number of ether oxygens (including phenoxy) is 2. The molecule has 0 aromatic heterocycles. The lowest BCUT2D eigenvalue weighted by Crippen LogP contribution is -2.46. The SMILES string of the molecule is CC(=O)c1ccc(OC(C)C(=O)N2CCOCC2)cc1. The van der Waals surface area contributed by atoms with Crippen LogP contribution in [0.4, 0.5) is 0 Å². The maximum atomic E-state index is 12.2. The number of carbonyl (C=O) groups excluding carboxylic acids is 2. The Morgan fingerprint density at radius 3 is 2.35 bits per heavy atom. The van der Waals surface area contributed by atoms with Gasteiger partial charge in [0.1, 0.15) is 5.75 Å². The molecule has 1 amide bonds. The fourth-order valence-corrected chi connectivity index (χ4v) is 2.06. The second-order valence-electron chi connectivity index (χ2n) is 4.78. The lowest BCUT2D eigenvalue weighted by Gasteiger charge is -2.29. The molecule has 108 valence electrons. The van der Waals surface area contributed by atoms with Crippen LogP contribution in [0.1, 0.15) is 24.2 Å². The summed E-state index contributed by atoms with van der Waals surface area (Å²) in [6.45, 7) is 5.61. The molecule has 0 radical (unpaired) electrons. The minimum absolute atomic E-state index is 0.00833. The molecule has 20 heavy (non-hydrogen) atoms. The molecule has 5 nitrogen and oxygen atoms in total. The average molecular weight is 277 g/mol. The third-order valence-corrected chi connectivity index (χ3v) is 3.24. The van der Waals surface area contributed by atoms with Crippen LogP contribution in [0.15, 0.2) is 24.3 Å². The molecular weight excluding hydrogens is 258 g/mol. The van der Waals surface area contributed by atoms with Crippen molar-refractivity contribution in [3.8, 4) is 5.75 Å². The van der Waals surface area contributed by atoms with Crippen molar-refractivity contribution in [1.82, 2.24) is 4.90 Å². The van der Waals surface area contributed by atoms with Crippen molar-refractivity contribution in [2.24, 2.45) is 0 Å². The van der Waals surface area contributed by atoms with Crippen LogP contribution in [-0.4, -0.2) is 49.0 Å². The fraction of sp³-hybridized carbons (Fsp3) is 0.467. The van der Waals surface area contributed by atoms with E-state index in [1.807, 2.05) is 0 Å². The van der Waals surface area contributed by atoms with Crippen molar-refractivity contribution >= 4 is 11.7 Å². The van der Waals surface area contributed by atoms with E-state index in [4.69, 9.17) is 9.47 Å². The minimum Gasteiger partial charge on any atom is -0.481 e. The van der Waals surface area contributed by atoms with E-state index in [1.54, 1.807) is 36.1 Å². The first-order valence-corrected chi connectivity index (χ1v) is 6.72. The Bertz CT molecular complexity index is 477. The van der Waals surface area contributed by atoms with E-state index in [0.29, 0.717) is 37.6 Å². The van der Waals surface area contributed by atoms with E-state index < -0.39 is 6.10 Å². The molecule has 1 aromatic carbocycles. The third kappa shape index (κ3) is 3.57. The Morgan fingerprint density at radius 1 is 1.20 bits per heavy atom. The van der Waals surface area contributed by atoms with E-state index in [9.17, 15) is 9.59 Å². The van der Waals surface area contributed by atoms with Crippen LogP contribution in [0, 0.1) is 0 Å². The number of hydrogen-bond acceptors (Lipinski definition) is 4. The molecule has 1 aliphatic rings. The van der Waals surface area contributed by atoms with Crippen molar-refractivity contribution in [3.63, 3.8) is 0 Å². The van der Waals surface area contributed by atoms with Gasteiger partial charge in [0.2, 0.25) is 0 Å². The molecule has 1 unspecified atom stereocenters. The van der Waals surface area contributed by atoms with Crippen molar-refractivity contribution in [2.45, 2.75) is 20.0 Å². The van der Waals surface area contributed by atoms with E-state index in [0.717, 1.165) is 0 Å². The lowest BCUT2D eigenvalue weighted by molar-refractivity contribution is -0.142. The number of Topliss-reactive ketones (excluding diaryl/α,β-unsaturated/α-hetero) is 1. The van der Waals surface area contributed by atoms with E-state index in [1.165, 1.54) is 6.92 Å². The second kappa shape index (κ2) is 6.52.